The smallest absolute Gasteiger partial charge is 0.264 e. The van der Waals surface area contributed by atoms with E-state index in [4.69, 9.17) is 34.1 Å². The highest BCUT2D eigenvalue weighted by Crippen LogP contribution is 2.33. The van der Waals surface area contributed by atoms with Crippen LogP contribution in [-0.4, -0.2) is 185 Å². The zero-order chi connectivity index (χ0) is 56.3. The first-order valence-corrected chi connectivity index (χ1v) is 26.8. The summed E-state index contributed by atoms with van der Waals surface area (Å²) in [6.07, 6.45) is 3.49. The maximum absolute atomic E-state index is 13.7. The summed E-state index contributed by atoms with van der Waals surface area (Å²) in [7, 11) is 0. The van der Waals surface area contributed by atoms with Gasteiger partial charge < -0.3 is 60.2 Å². The molecule has 2 saturated heterocycles. The summed E-state index contributed by atoms with van der Waals surface area (Å²) in [5.41, 5.74) is 5.61. The number of rotatable bonds is 31. The number of H-pyrrole nitrogens is 1. The molecular formula is C56H73N11O12. The maximum atomic E-state index is 13.7. The molecule has 3 aliphatic rings. The van der Waals surface area contributed by atoms with Gasteiger partial charge >= 0.3 is 0 Å². The number of pyridine rings is 2. The van der Waals surface area contributed by atoms with Crippen LogP contribution >= 0.6 is 0 Å². The molecular weight excluding hydrogens is 1020 g/mol. The molecule has 23 nitrogen and oxygen atoms in total. The third kappa shape index (κ3) is 16.6. The van der Waals surface area contributed by atoms with E-state index in [1.807, 2.05) is 52.0 Å². The van der Waals surface area contributed by atoms with E-state index < -0.39 is 35.6 Å². The van der Waals surface area contributed by atoms with E-state index in [0.717, 1.165) is 59.3 Å². The third-order valence-corrected chi connectivity index (χ3v) is 13.5. The number of anilines is 3. The number of ether oxygens (including phenoxy) is 5. The van der Waals surface area contributed by atoms with Crippen molar-refractivity contribution in [3.63, 3.8) is 0 Å². The van der Waals surface area contributed by atoms with E-state index in [9.17, 15) is 33.6 Å². The topological polar surface area (TPSA) is 288 Å². The van der Waals surface area contributed by atoms with Gasteiger partial charge in [0.15, 0.2) is 0 Å². The molecule has 1 unspecified atom stereocenters. The molecule has 79 heavy (non-hydrogen) atoms. The molecule has 0 saturated carbocycles. The lowest BCUT2D eigenvalue weighted by molar-refractivity contribution is -0.136. The van der Waals surface area contributed by atoms with Crippen LogP contribution in [0.1, 0.15) is 86.6 Å². The maximum Gasteiger partial charge on any atom is 0.264 e. The minimum absolute atomic E-state index is 0.0336. The zero-order valence-corrected chi connectivity index (χ0v) is 45.5. The van der Waals surface area contributed by atoms with Gasteiger partial charge in [0.25, 0.3) is 23.3 Å². The van der Waals surface area contributed by atoms with E-state index >= 15 is 0 Å². The number of aromatic amines is 1. The van der Waals surface area contributed by atoms with Gasteiger partial charge in [0.1, 0.15) is 11.9 Å². The number of hydrogen-bond acceptors (Lipinski definition) is 18. The molecule has 5 heterocycles. The summed E-state index contributed by atoms with van der Waals surface area (Å²) < 4.78 is 27.9. The number of nitrogens with zero attached hydrogens (tertiary/aromatic N) is 4. The van der Waals surface area contributed by atoms with Crippen LogP contribution in [0.2, 0.25) is 0 Å². The number of fused-ring (bicyclic) bond motifs is 1. The number of carbonyl (C=O) groups is 6. The Balaban J connectivity index is 0.683. The Morgan fingerprint density at radius 1 is 0.785 bits per heavy atom. The second kappa shape index (κ2) is 29.5. The molecule has 0 spiro atoms. The minimum atomic E-state index is -1.03. The highest BCUT2D eigenvalue weighted by molar-refractivity contribution is 6.25. The summed E-state index contributed by atoms with van der Waals surface area (Å²) in [5.74, 6) is -1.81. The zero-order valence-electron chi connectivity index (χ0n) is 45.5. The largest absolute Gasteiger partial charge is 0.382 e. The van der Waals surface area contributed by atoms with Crippen molar-refractivity contribution in [2.45, 2.75) is 65.6 Å². The van der Waals surface area contributed by atoms with E-state index in [2.05, 4.69) is 41.4 Å². The van der Waals surface area contributed by atoms with Crippen LogP contribution in [0.3, 0.4) is 0 Å². The number of nitrogens with one attached hydrogen (secondary N) is 7. The Kier molecular flexibility index (Phi) is 22.2. The summed E-state index contributed by atoms with van der Waals surface area (Å²) in [5, 5.41) is 22.7. The molecule has 4 aromatic rings. The Labute approximate surface area is 459 Å². The molecule has 2 fully saturated rings. The molecule has 23 heteroatoms. The van der Waals surface area contributed by atoms with E-state index in [1.165, 1.54) is 6.21 Å². The second-order valence-corrected chi connectivity index (χ2v) is 19.6. The van der Waals surface area contributed by atoms with E-state index in [1.54, 1.807) is 30.5 Å². The number of piperazine rings is 1. The van der Waals surface area contributed by atoms with Crippen LogP contribution < -0.4 is 37.0 Å². The third-order valence-electron chi connectivity index (χ3n) is 13.5. The quantitative estimate of drug-likeness (QED) is 0.0217. The predicted molar refractivity (Wildman–Crippen MR) is 296 cm³/mol. The van der Waals surface area contributed by atoms with Gasteiger partial charge in [-0.15, -0.1) is 0 Å². The molecule has 7 rings (SSSR count). The predicted octanol–water partition coefficient (Wildman–Crippen LogP) is 3.03. The lowest BCUT2D eigenvalue weighted by Gasteiger charge is -2.35. The molecule has 6 amide bonds. The fraction of sp³-hybridized carbons (Fsp3) is 0.482. The van der Waals surface area contributed by atoms with E-state index in [0.29, 0.717) is 120 Å². The van der Waals surface area contributed by atoms with Gasteiger partial charge in [0.2, 0.25) is 17.7 Å². The van der Waals surface area contributed by atoms with Crippen molar-refractivity contribution >= 4 is 58.9 Å². The van der Waals surface area contributed by atoms with Crippen LogP contribution in [0.4, 0.5) is 17.2 Å². The van der Waals surface area contributed by atoms with Gasteiger partial charge in [-0.25, -0.2) is 4.98 Å². The molecule has 0 radical (unpaired) electrons. The average molecular weight is 1090 g/mol. The SMILES string of the molecule is Cc1cc(C)c(CNC(=O)c2cc(-c3ccc(N4CCN(CCC(=O)NCCOCCOCCOCCOCCOCCNc5cccc6c5C(=O)N(C5CCC(=O)NC5=O)C6=O)CC4)nc3)cc(NC(C)C)c2C=N)c(=O)[nH]1. The first kappa shape index (κ1) is 59.3. The highest BCUT2D eigenvalue weighted by Gasteiger charge is 2.45. The van der Waals surface area contributed by atoms with Gasteiger partial charge in [0, 0.05) is 117 Å². The van der Waals surface area contributed by atoms with Crippen molar-refractivity contribution in [1.82, 2.24) is 35.7 Å². The molecule has 424 valence electrons. The number of carbonyl (C=O) groups excluding carboxylic acids is 6. The van der Waals surface area contributed by atoms with Crippen LogP contribution in [-0.2, 0) is 44.6 Å². The Morgan fingerprint density at radius 2 is 1.46 bits per heavy atom. The second-order valence-electron chi connectivity index (χ2n) is 19.6. The van der Waals surface area contributed by atoms with Gasteiger partial charge in [-0.05, 0) is 87.7 Å². The van der Waals surface area contributed by atoms with Crippen molar-refractivity contribution < 1.29 is 52.5 Å². The molecule has 0 aliphatic carbocycles. The minimum Gasteiger partial charge on any atom is -0.382 e. The lowest BCUT2D eigenvalue weighted by Crippen LogP contribution is -2.54. The Morgan fingerprint density at radius 3 is 2.08 bits per heavy atom. The van der Waals surface area contributed by atoms with Crippen molar-refractivity contribution in [2.24, 2.45) is 0 Å². The summed E-state index contributed by atoms with van der Waals surface area (Å²) in [6.45, 7) is 15.9. The summed E-state index contributed by atoms with van der Waals surface area (Å²) in [4.78, 5) is 102. The van der Waals surface area contributed by atoms with Gasteiger partial charge in [0.05, 0.1) is 82.8 Å². The first-order valence-electron chi connectivity index (χ1n) is 26.8. The highest BCUT2D eigenvalue weighted by atomic mass is 16.6. The fourth-order valence-corrected chi connectivity index (χ4v) is 9.42. The van der Waals surface area contributed by atoms with Crippen LogP contribution in [0, 0.1) is 19.3 Å². The molecule has 3 aliphatic heterocycles. The average Bonchev–Trinajstić information content (AvgIpc) is 4.00. The molecule has 7 N–H and O–H groups in total. The fourth-order valence-electron chi connectivity index (χ4n) is 9.42. The number of benzene rings is 2. The summed E-state index contributed by atoms with van der Waals surface area (Å²) >= 11 is 0. The van der Waals surface area contributed by atoms with Crippen LogP contribution in [0.25, 0.3) is 11.1 Å². The van der Waals surface area contributed by atoms with Gasteiger partial charge in [-0.2, -0.15) is 0 Å². The summed E-state index contributed by atoms with van der Waals surface area (Å²) in [6, 6.07) is 13.4. The normalized spacial score (nSPS) is 15.6. The Hall–Kier alpha value is -7.41. The van der Waals surface area contributed by atoms with Gasteiger partial charge in [-0.1, -0.05) is 6.07 Å². The Bertz CT molecular complexity index is 2850. The van der Waals surface area contributed by atoms with Crippen LogP contribution in [0.5, 0.6) is 0 Å². The van der Waals surface area contributed by atoms with Crippen molar-refractivity contribution in [3.05, 3.63) is 104 Å². The number of piperidine rings is 1. The number of aryl methyl sites for hydroxylation is 2. The molecule has 2 aromatic carbocycles. The first-order chi connectivity index (χ1) is 38.2. The standard InChI is InChI=1S/C56H73N11O12/c1-36(2)62-46-32-40(31-42(43(46)33-57)52(70)61-35-44-37(3)30-38(4)63-53(44)71)39-8-10-48(60-34-39)66-18-16-65(17-19-66)15-12-49(68)59-14-21-76-23-25-78-27-29-79-28-26-77-24-22-75-20-13-58-45-7-5-6-41-51(45)56(74)67(55(41)73)47-9-11-50(69)64-54(47)72/h5-8,10,30-34,36,47,57-58,62H,9,11-29,35H2,1-4H3,(H,59,68)(H,61,70)(H,63,71)(H,64,69,72). The number of amides is 6. The van der Waals surface area contributed by atoms with Crippen molar-refractivity contribution in [1.29, 1.82) is 5.41 Å². The monoisotopic (exact) mass is 1090 g/mol. The van der Waals surface area contributed by atoms with Crippen molar-refractivity contribution in [2.75, 3.05) is 127 Å². The van der Waals surface area contributed by atoms with Crippen LogP contribution in [0.15, 0.2) is 59.5 Å². The molecule has 2 aromatic heterocycles. The van der Waals surface area contributed by atoms with Gasteiger partial charge in [-0.3, -0.25) is 48.7 Å². The lowest BCUT2D eigenvalue weighted by atomic mass is 9.97. The number of hydrogen-bond donors (Lipinski definition) is 7. The van der Waals surface area contributed by atoms with E-state index in [-0.39, 0.29) is 48.0 Å². The number of imide groups is 2. The molecule has 0 bridgehead atoms. The molecule has 1 atom stereocenters. The number of aromatic nitrogens is 2. The van der Waals surface area contributed by atoms with Crippen molar-refractivity contribution in [3.8, 4) is 11.1 Å².